The third kappa shape index (κ3) is 63.8. The molecule has 0 fully saturated rings. The monoisotopic (exact) mass is 1080 g/mol. The van der Waals surface area contributed by atoms with E-state index < -0.39 is 6.10 Å². The van der Waals surface area contributed by atoms with Crippen LogP contribution in [0, 0.1) is 0 Å². The van der Waals surface area contributed by atoms with Gasteiger partial charge in [0.05, 0.1) is 0 Å². The molecule has 0 bridgehead atoms. The second-order valence-corrected chi connectivity index (χ2v) is 22.7. The van der Waals surface area contributed by atoms with Gasteiger partial charge in [0.25, 0.3) is 0 Å². The molecule has 0 aromatic rings. The van der Waals surface area contributed by atoms with Crippen molar-refractivity contribution in [2.24, 2.45) is 0 Å². The van der Waals surface area contributed by atoms with Crippen molar-refractivity contribution in [1.82, 2.24) is 0 Å². The molecule has 0 amide bonds. The molecule has 6 heteroatoms. The summed E-state index contributed by atoms with van der Waals surface area (Å²) in [6, 6.07) is 0. The standard InChI is InChI=1S/C71H128O6/c1-4-7-10-13-16-19-22-25-28-31-34-35-38-40-43-46-49-52-55-58-61-64-70(73)76-67-68(77-71(74)65-62-59-56-53-50-47-44-41-37-33-30-27-24-21-18-15-12-9-6-3)66-75-69(72)63-60-57-54-51-48-45-42-39-36-32-29-26-23-20-17-14-11-8-5-2/h22,25-27,29-31,34,38,40,68H,4-21,23-24,28,32-33,35-37,39,41-67H2,1-3H3/b25-22-,29-26-,30-27-,34-31-,40-38-. The highest BCUT2D eigenvalue weighted by Gasteiger charge is 2.19. The van der Waals surface area contributed by atoms with Gasteiger partial charge in [0.2, 0.25) is 0 Å². The van der Waals surface area contributed by atoms with Gasteiger partial charge in [0.15, 0.2) is 6.10 Å². The maximum atomic E-state index is 12.9. The maximum absolute atomic E-state index is 12.9. The fourth-order valence-electron chi connectivity index (χ4n) is 9.85. The number of hydrogen-bond acceptors (Lipinski definition) is 6. The van der Waals surface area contributed by atoms with E-state index in [1.54, 1.807) is 0 Å². The summed E-state index contributed by atoms with van der Waals surface area (Å²) >= 11 is 0. The molecular weight excluding hydrogens is 949 g/mol. The van der Waals surface area contributed by atoms with Gasteiger partial charge in [-0.3, -0.25) is 14.4 Å². The fourth-order valence-corrected chi connectivity index (χ4v) is 9.85. The molecule has 0 aromatic heterocycles. The lowest BCUT2D eigenvalue weighted by molar-refractivity contribution is -0.167. The third-order valence-corrected chi connectivity index (χ3v) is 15.0. The zero-order chi connectivity index (χ0) is 55.7. The lowest BCUT2D eigenvalue weighted by Gasteiger charge is -2.18. The predicted molar refractivity (Wildman–Crippen MR) is 335 cm³/mol. The van der Waals surface area contributed by atoms with E-state index in [1.807, 2.05) is 0 Å². The molecule has 0 heterocycles. The van der Waals surface area contributed by atoms with Crippen LogP contribution in [0.5, 0.6) is 0 Å². The second-order valence-electron chi connectivity index (χ2n) is 22.7. The summed E-state index contributed by atoms with van der Waals surface area (Å²) < 4.78 is 17.0. The summed E-state index contributed by atoms with van der Waals surface area (Å²) in [6.07, 6.45) is 83.7. The molecule has 77 heavy (non-hydrogen) atoms. The summed E-state index contributed by atoms with van der Waals surface area (Å²) in [5.74, 6) is -0.875. The molecular formula is C71H128O6. The largest absolute Gasteiger partial charge is 0.462 e. The number of ether oxygens (including phenoxy) is 3. The molecule has 0 rings (SSSR count). The van der Waals surface area contributed by atoms with Gasteiger partial charge in [-0.05, 0) is 109 Å². The number of carbonyl (C=O) groups is 3. The highest BCUT2D eigenvalue weighted by atomic mass is 16.6. The number of hydrogen-bond donors (Lipinski definition) is 0. The van der Waals surface area contributed by atoms with E-state index in [9.17, 15) is 14.4 Å². The average Bonchev–Trinajstić information content (AvgIpc) is 3.43. The van der Waals surface area contributed by atoms with E-state index in [-0.39, 0.29) is 31.1 Å². The Hall–Kier alpha value is -2.89. The highest BCUT2D eigenvalue weighted by Crippen LogP contribution is 2.17. The first-order valence-electron chi connectivity index (χ1n) is 33.8. The summed E-state index contributed by atoms with van der Waals surface area (Å²) in [7, 11) is 0. The minimum Gasteiger partial charge on any atom is -0.462 e. The molecule has 0 radical (unpaired) electrons. The zero-order valence-electron chi connectivity index (χ0n) is 51.5. The number of esters is 3. The lowest BCUT2D eigenvalue weighted by atomic mass is 10.1. The molecule has 1 unspecified atom stereocenters. The first-order chi connectivity index (χ1) is 38.0. The van der Waals surface area contributed by atoms with E-state index in [2.05, 4.69) is 81.5 Å². The Morgan fingerprint density at radius 1 is 0.260 bits per heavy atom. The smallest absolute Gasteiger partial charge is 0.306 e. The minimum absolute atomic E-state index is 0.0783. The van der Waals surface area contributed by atoms with E-state index in [0.29, 0.717) is 19.3 Å². The SMILES string of the molecule is CCCCCCC/C=C\C/C=C\C/C=C\CCCCCCCCC(=O)OCC(COC(=O)CCCCCCCCCCC/C=C\CCCCCCCC)OC(=O)CCCCCCCCCCC/C=C\CCCCCCCC. The molecule has 0 saturated carbocycles. The number of carbonyl (C=O) groups excluding carboxylic acids is 3. The van der Waals surface area contributed by atoms with Gasteiger partial charge >= 0.3 is 17.9 Å². The van der Waals surface area contributed by atoms with Crippen LogP contribution in [0.15, 0.2) is 60.8 Å². The van der Waals surface area contributed by atoms with Crippen LogP contribution in [0.1, 0.15) is 355 Å². The van der Waals surface area contributed by atoms with E-state index >= 15 is 0 Å². The van der Waals surface area contributed by atoms with Gasteiger partial charge < -0.3 is 14.2 Å². The van der Waals surface area contributed by atoms with Crippen molar-refractivity contribution < 1.29 is 28.6 Å². The molecule has 448 valence electrons. The first-order valence-corrected chi connectivity index (χ1v) is 33.8. The third-order valence-electron chi connectivity index (χ3n) is 15.0. The van der Waals surface area contributed by atoms with Gasteiger partial charge in [0, 0.05) is 19.3 Å². The summed E-state index contributed by atoms with van der Waals surface area (Å²) in [6.45, 7) is 6.66. The number of allylic oxidation sites excluding steroid dienone is 10. The Labute approximate surface area is 479 Å². The number of unbranched alkanes of at least 4 members (excludes halogenated alkanes) is 41. The Bertz CT molecular complexity index is 1380. The Kier molecular flexibility index (Phi) is 63.2. The molecule has 0 aliphatic carbocycles. The number of rotatable bonds is 62. The molecule has 0 aliphatic heterocycles. The van der Waals surface area contributed by atoms with Crippen molar-refractivity contribution >= 4 is 17.9 Å². The van der Waals surface area contributed by atoms with E-state index in [4.69, 9.17) is 14.2 Å². The van der Waals surface area contributed by atoms with Crippen LogP contribution >= 0.6 is 0 Å². The highest BCUT2D eigenvalue weighted by molar-refractivity contribution is 5.71. The van der Waals surface area contributed by atoms with Crippen LogP contribution in [-0.4, -0.2) is 37.2 Å². The predicted octanol–water partition coefficient (Wildman–Crippen LogP) is 23.1. The van der Waals surface area contributed by atoms with Crippen LogP contribution < -0.4 is 0 Å². The average molecular weight is 1080 g/mol. The summed E-state index contributed by atoms with van der Waals surface area (Å²) in [4.78, 5) is 38.4. The first kappa shape index (κ1) is 74.1. The Morgan fingerprint density at radius 2 is 0.468 bits per heavy atom. The summed E-state index contributed by atoms with van der Waals surface area (Å²) in [5, 5.41) is 0. The maximum Gasteiger partial charge on any atom is 0.306 e. The van der Waals surface area contributed by atoms with Crippen LogP contribution in [-0.2, 0) is 28.6 Å². The fraction of sp³-hybridized carbons (Fsp3) is 0.817. The molecule has 0 saturated heterocycles. The van der Waals surface area contributed by atoms with E-state index in [0.717, 1.165) is 77.0 Å². The quantitative estimate of drug-likeness (QED) is 0.0261. The van der Waals surface area contributed by atoms with Crippen LogP contribution in [0.4, 0.5) is 0 Å². The molecule has 1 atom stereocenters. The lowest BCUT2D eigenvalue weighted by Crippen LogP contribution is -2.30. The molecule has 0 spiro atoms. The second kappa shape index (κ2) is 65.6. The molecule has 0 aliphatic rings. The van der Waals surface area contributed by atoms with Crippen molar-refractivity contribution in [3.8, 4) is 0 Å². The Balaban J connectivity index is 4.38. The topological polar surface area (TPSA) is 78.9 Å². The van der Waals surface area contributed by atoms with Crippen LogP contribution in [0.25, 0.3) is 0 Å². The van der Waals surface area contributed by atoms with Crippen molar-refractivity contribution in [3.63, 3.8) is 0 Å². The normalized spacial score (nSPS) is 12.4. The van der Waals surface area contributed by atoms with Gasteiger partial charge in [-0.1, -0.05) is 287 Å². The van der Waals surface area contributed by atoms with Gasteiger partial charge in [0.1, 0.15) is 13.2 Å². The van der Waals surface area contributed by atoms with Crippen molar-refractivity contribution in [1.29, 1.82) is 0 Å². The Morgan fingerprint density at radius 3 is 0.740 bits per heavy atom. The zero-order valence-corrected chi connectivity index (χ0v) is 51.5. The van der Waals surface area contributed by atoms with Gasteiger partial charge in [-0.25, -0.2) is 0 Å². The minimum atomic E-state index is -0.783. The molecule has 6 nitrogen and oxygen atoms in total. The van der Waals surface area contributed by atoms with E-state index in [1.165, 1.54) is 238 Å². The van der Waals surface area contributed by atoms with Crippen molar-refractivity contribution in [2.45, 2.75) is 361 Å². The van der Waals surface area contributed by atoms with Crippen LogP contribution in [0.3, 0.4) is 0 Å². The van der Waals surface area contributed by atoms with Gasteiger partial charge in [-0.2, -0.15) is 0 Å². The van der Waals surface area contributed by atoms with Gasteiger partial charge in [-0.15, -0.1) is 0 Å². The molecule has 0 aromatic carbocycles. The van der Waals surface area contributed by atoms with Crippen molar-refractivity contribution in [2.75, 3.05) is 13.2 Å². The van der Waals surface area contributed by atoms with Crippen molar-refractivity contribution in [3.05, 3.63) is 60.8 Å². The molecule has 0 N–H and O–H groups in total. The van der Waals surface area contributed by atoms with Crippen LogP contribution in [0.2, 0.25) is 0 Å². The summed E-state index contributed by atoms with van der Waals surface area (Å²) in [5.41, 5.74) is 0.